The number of esters is 1. The number of allylic oxidation sites excluding steroid dienone is 1. The fourth-order valence-electron chi connectivity index (χ4n) is 7.43. The van der Waals surface area contributed by atoms with Crippen LogP contribution in [0.3, 0.4) is 0 Å². The van der Waals surface area contributed by atoms with Crippen molar-refractivity contribution in [1.29, 1.82) is 0 Å². The van der Waals surface area contributed by atoms with E-state index < -0.39 is 5.97 Å². The molecule has 3 heterocycles. The number of carbonyl (C=O) groups excluding carboxylic acids is 3. The summed E-state index contributed by atoms with van der Waals surface area (Å²) in [6.07, 6.45) is 7.96. The Labute approximate surface area is 253 Å². The van der Waals surface area contributed by atoms with Gasteiger partial charge in [-0.3, -0.25) is 14.5 Å². The van der Waals surface area contributed by atoms with Gasteiger partial charge in [0.15, 0.2) is 0 Å². The number of piperazine rings is 1. The molecule has 0 aromatic heterocycles. The number of nitrogens with zero attached hydrogens (tertiary/aromatic N) is 3. The third-order valence-corrected chi connectivity index (χ3v) is 10.4. The summed E-state index contributed by atoms with van der Waals surface area (Å²) in [5.41, 5.74) is 7.10. The van der Waals surface area contributed by atoms with Gasteiger partial charge in [0.2, 0.25) is 5.91 Å². The fraction of sp³-hybridized carbons (Fsp3) is 0.500. The van der Waals surface area contributed by atoms with Crippen LogP contribution < -0.4 is 15.5 Å². The molecule has 0 radical (unpaired) electrons. The summed E-state index contributed by atoms with van der Waals surface area (Å²) in [5, 5.41) is 6.71. The highest BCUT2D eigenvalue weighted by molar-refractivity contribution is 6.32. The van der Waals surface area contributed by atoms with Gasteiger partial charge in [0.25, 0.3) is 5.91 Å². The molecule has 2 aromatic rings. The zero-order valence-electron chi connectivity index (χ0n) is 25.2. The number of carbonyl (C=O) groups is 3. The molecule has 2 amide bonds. The first kappa shape index (κ1) is 28.1. The fourth-order valence-corrected chi connectivity index (χ4v) is 7.43. The monoisotopic (exact) mass is 583 g/mol. The molecule has 3 fully saturated rings. The molecule has 0 bridgehead atoms. The summed E-state index contributed by atoms with van der Waals surface area (Å²) in [4.78, 5) is 45.4. The van der Waals surface area contributed by atoms with E-state index in [1.165, 1.54) is 32.8 Å². The molecule has 3 aliphatic heterocycles. The Morgan fingerprint density at radius 1 is 1.00 bits per heavy atom. The van der Waals surface area contributed by atoms with Crippen LogP contribution in [0.1, 0.15) is 60.0 Å². The molecule has 2 aromatic carbocycles. The third-order valence-electron chi connectivity index (χ3n) is 10.4. The Morgan fingerprint density at radius 3 is 2.49 bits per heavy atom. The second-order valence-electron chi connectivity index (χ2n) is 13.1. The van der Waals surface area contributed by atoms with Crippen LogP contribution in [0.25, 0.3) is 5.57 Å². The van der Waals surface area contributed by atoms with Gasteiger partial charge in [-0.05, 0) is 99.2 Å². The van der Waals surface area contributed by atoms with E-state index in [-0.39, 0.29) is 17.7 Å². The number of hydrogen-bond donors (Lipinski definition) is 2. The number of benzene rings is 2. The van der Waals surface area contributed by atoms with Crippen LogP contribution in [-0.2, 0) is 20.7 Å². The second-order valence-corrected chi connectivity index (χ2v) is 13.1. The highest BCUT2D eigenvalue weighted by Crippen LogP contribution is 2.58. The van der Waals surface area contributed by atoms with E-state index in [4.69, 9.17) is 4.74 Å². The average molecular weight is 584 g/mol. The minimum absolute atomic E-state index is 0.145. The zero-order chi connectivity index (χ0) is 29.7. The van der Waals surface area contributed by atoms with Gasteiger partial charge in [-0.25, -0.2) is 4.79 Å². The van der Waals surface area contributed by atoms with E-state index in [9.17, 15) is 14.4 Å². The van der Waals surface area contributed by atoms with Crippen molar-refractivity contribution in [2.75, 3.05) is 69.0 Å². The Morgan fingerprint density at radius 2 is 1.77 bits per heavy atom. The molecule has 9 nitrogen and oxygen atoms in total. The lowest BCUT2D eigenvalue weighted by molar-refractivity contribution is -0.120. The first-order chi connectivity index (χ1) is 20.8. The van der Waals surface area contributed by atoms with Crippen molar-refractivity contribution >= 4 is 40.4 Å². The smallest absolute Gasteiger partial charge is 0.337 e. The van der Waals surface area contributed by atoms with Crippen molar-refractivity contribution in [2.24, 2.45) is 11.3 Å². The van der Waals surface area contributed by atoms with Crippen molar-refractivity contribution in [3.8, 4) is 0 Å². The summed E-state index contributed by atoms with van der Waals surface area (Å²) < 4.78 is 4.89. The molecule has 2 aliphatic carbocycles. The van der Waals surface area contributed by atoms with E-state index in [2.05, 4.69) is 39.6 Å². The van der Waals surface area contributed by atoms with E-state index >= 15 is 0 Å². The Balaban J connectivity index is 1.16. The number of likely N-dealkylation sites (N-methyl/N-ethyl adjacent to an activating group) is 1. The van der Waals surface area contributed by atoms with Gasteiger partial charge in [-0.2, -0.15) is 0 Å². The first-order valence-electron chi connectivity index (χ1n) is 15.7. The predicted molar refractivity (Wildman–Crippen MR) is 167 cm³/mol. The number of fused-ring (bicyclic) bond motifs is 2. The summed E-state index contributed by atoms with van der Waals surface area (Å²) in [5.74, 6) is -0.168. The minimum Gasteiger partial charge on any atom is -0.465 e. The molecule has 2 N–H and O–H groups in total. The molecule has 43 heavy (non-hydrogen) atoms. The molecular weight excluding hydrogens is 542 g/mol. The van der Waals surface area contributed by atoms with E-state index in [1.807, 2.05) is 17.0 Å². The number of amides is 2. The van der Waals surface area contributed by atoms with Crippen molar-refractivity contribution < 1.29 is 19.1 Å². The van der Waals surface area contributed by atoms with Crippen molar-refractivity contribution in [1.82, 2.24) is 9.80 Å². The lowest BCUT2D eigenvalue weighted by Crippen LogP contribution is -2.48. The van der Waals surface area contributed by atoms with Crippen LogP contribution in [0.4, 0.5) is 17.1 Å². The van der Waals surface area contributed by atoms with Crippen molar-refractivity contribution in [3.05, 3.63) is 58.8 Å². The van der Waals surface area contributed by atoms with Gasteiger partial charge in [-0.15, -0.1) is 0 Å². The van der Waals surface area contributed by atoms with Crippen molar-refractivity contribution in [3.63, 3.8) is 0 Å². The number of methoxy groups -OCH3 is 1. The Hall–Kier alpha value is -3.69. The number of anilines is 3. The van der Waals surface area contributed by atoms with E-state index in [0.717, 1.165) is 73.6 Å². The lowest BCUT2D eigenvalue weighted by atomic mass is 9.77. The van der Waals surface area contributed by atoms with Crippen LogP contribution in [0, 0.1) is 11.3 Å². The van der Waals surface area contributed by atoms with Gasteiger partial charge in [0.05, 0.1) is 30.5 Å². The number of rotatable bonds is 6. The number of ether oxygens (including phenoxy) is 1. The summed E-state index contributed by atoms with van der Waals surface area (Å²) in [7, 11) is 3.48. The third kappa shape index (κ3) is 5.45. The standard InChI is InChI=1S/C34H41N5O4/c1-37-15-17-38(18-16-37)21-29(40)39-14-9-23-19-25(4-6-28(23)39)35-31(22-7-10-34(11-8-22)12-13-34)30-26-5-3-24(33(42)43-2)20-27(26)36-32(30)41/h3-6,19-20,22,35H,7-18,21H2,1-2H3,(H,36,41)/b31-30-. The second kappa shape index (κ2) is 11.1. The van der Waals surface area contributed by atoms with Crippen LogP contribution in [0.5, 0.6) is 0 Å². The molecule has 2 saturated carbocycles. The van der Waals surface area contributed by atoms with Crippen molar-refractivity contribution in [2.45, 2.75) is 44.9 Å². The number of nitrogens with one attached hydrogen (secondary N) is 2. The summed E-state index contributed by atoms with van der Waals surface area (Å²) >= 11 is 0. The van der Waals surface area contributed by atoms with Crippen LogP contribution in [0.2, 0.25) is 0 Å². The van der Waals surface area contributed by atoms with E-state index in [0.29, 0.717) is 35.3 Å². The molecule has 1 spiro atoms. The molecule has 0 atom stereocenters. The largest absolute Gasteiger partial charge is 0.465 e. The maximum Gasteiger partial charge on any atom is 0.337 e. The first-order valence-corrected chi connectivity index (χ1v) is 15.7. The van der Waals surface area contributed by atoms with Crippen LogP contribution >= 0.6 is 0 Å². The molecule has 5 aliphatic rings. The van der Waals surface area contributed by atoms with Gasteiger partial charge < -0.3 is 25.2 Å². The predicted octanol–water partition coefficient (Wildman–Crippen LogP) is 4.36. The van der Waals surface area contributed by atoms with Gasteiger partial charge >= 0.3 is 5.97 Å². The summed E-state index contributed by atoms with van der Waals surface area (Å²) in [6.45, 7) is 4.99. The molecule has 1 saturated heterocycles. The molecule has 9 heteroatoms. The zero-order valence-corrected chi connectivity index (χ0v) is 25.2. The Bertz CT molecular complexity index is 1490. The number of hydrogen-bond acceptors (Lipinski definition) is 7. The average Bonchev–Trinajstić information content (AvgIpc) is 3.49. The van der Waals surface area contributed by atoms with Gasteiger partial charge in [0, 0.05) is 55.4 Å². The highest BCUT2D eigenvalue weighted by atomic mass is 16.5. The van der Waals surface area contributed by atoms with Crippen LogP contribution in [0.15, 0.2) is 42.1 Å². The highest BCUT2D eigenvalue weighted by Gasteiger charge is 2.46. The molecule has 0 unspecified atom stereocenters. The maximum atomic E-state index is 13.5. The lowest BCUT2D eigenvalue weighted by Gasteiger charge is -2.33. The van der Waals surface area contributed by atoms with Gasteiger partial charge in [-0.1, -0.05) is 6.07 Å². The van der Waals surface area contributed by atoms with E-state index in [1.54, 1.807) is 12.1 Å². The molecule has 7 rings (SSSR count). The molecular formula is C34H41N5O4. The molecule has 226 valence electrons. The SMILES string of the molecule is COC(=O)c1ccc2c(c1)NC(=O)/C2=C(\Nc1ccc2c(c1)CCN2C(=O)CN1CCN(C)CC1)C1CCC2(CC1)CC2. The van der Waals surface area contributed by atoms with Crippen LogP contribution in [-0.4, -0.2) is 81.0 Å². The summed E-state index contributed by atoms with van der Waals surface area (Å²) in [6, 6.07) is 11.5. The normalized spacial score (nSPS) is 22.7. The maximum absolute atomic E-state index is 13.5. The van der Waals surface area contributed by atoms with Gasteiger partial charge in [0.1, 0.15) is 0 Å². The topological polar surface area (TPSA) is 94.2 Å². The quantitative estimate of drug-likeness (QED) is 0.386. The Kier molecular flexibility index (Phi) is 7.26. The minimum atomic E-state index is -0.427.